The first kappa shape index (κ1) is 18.8. The molecule has 7 nitrogen and oxygen atoms in total. The molecular weight excluding hydrogens is 364 g/mol. The van der Waals surface area contributed by atoms with E-state index in [4.69, 9.17) is 4.74 Å². The average molecular weight is 384 g/mol. The van der Waals surface area contributed by atoms with Crippen LogP contribution in [0.15, 0.2) is 46.6 Å². The summed E-state index contributed by atoms with van der Waals surface area (Å²) in [6.45, 7) is 1.67. The van der Waals surface area contributed by atoms with Gasteiger partial charge < -0.3 is 19.5 Å². The van der Waals surface area contributed by atoms with Gasteiger partial charge in [0.1, 0.15) is 23.5 Å². The van der Waals surface area contributed by atoms with Crippen LogP contribution in [0.4, 0.5) is 16.5 Å². The van der Waals surface area contributed by atoms with Gasteiger partial charge in [0.15, 0.2) is 0 Å². The Kier molecular flexibility index (Phi) is 5.36. The molecule has 3 aromatic rings. The SMILES string of the molecule is COc1ccc2c(c1)sc(N=Nc1ccc(N(C)C)cc1C)[n+]2CC(=O)[O-]. The summed E-state index contributed by atoms with van der Waals surface area (Å²) in [4.78, 5) is 13.2. The van der Waals surface area contributed by atoms with Gasteiger partial charge in [0.25, 0.3) is 0 Å². The second kappa shape index (κ2) is 7.71. The van der Waals surface area contributed by atoms with E-state index in [-0.39, 0.29) is 6.54 Å². The molecule has 0 bridgehead atoms. The Hall–Kier alpha value is -3.00. The van der Waals surface area contributed by atoms with E-state index in [2.05, 4.69) is 10.2 Å². The fourth-order valence-corrected chi connectivity index (χ4v) is 3.67. The molecule has 1 heterocycles. The van der Waals surface area contributed by atoms with Crippen molar-refractivity contribution < 1.29 is 19.2 Å². The van der Waals surface area contributed by atoms with E-state index in [1.807, 2.05) is 56.3 Å². The molecule has 140 valence electrons. The molecular formula is C19H20N4O3S. The zero-order valence-electron chi connectivity index (χ0n) is 15.6. The average Bonchev–Trinajstić information content (AvgIpc) is 2.96. The van der Waals surface area contributed by atoms with Crippen molar-refractivity contribution in [3.05, 3.63) is 42.0 Å². The smallest absolute Gasteiger partial charge is 0.409 e. The maximum Gasteiger partial charge on any atom is 0.409 e. The topological polar surface area (TPSA) is 81.2 Å². The molecule has 0 N–H and O–H groups in total. The van der Waals surface area contributed by atoms with E-state index in [0.29, 0.717) is 10.9 Å². The quantitative estimate of drug-likeness (QED) is 0.483. The molecule has 0 aliphatic heterocycles. The van der Waals surface area contributed by atoms with Crippen molar-refractivity contribution in [2.24, 2.45) is 10.2 Å². The van der Waals surface area contributed by atoms with E-state index in [0.717, 1.165) is 27.2 Å². The molecule has 0 aliphatic carbocycles. The molecule has 8 heteroatoms. The molecule has 0 aliphatic rings. The predicted molar refractivity (Wildman–Crippen MR) is 103 cm³/mol. The maximum atomic E-state index is 11.2. The highest BCUT2D eigenvalue weighted by atomic mass is 32.1. The van der Waals surface area contributed by atoms with Crippen LogP contribution in [0, 0.1) is 6.92 Å². The number of hydrogen-bond acceptors (Lipinski definition) is 7. The monoisotopic (exact) mass is 384 g/mol. The highest BCUT2D eigenvalue weighted by Crippen LogP contribution is 2.31. The number of thiazole rings is 1. The molecule has 0 saturated carbocycles. The lowest BCUT2D eigenvalue weighted by Crippen LogP contribution is -2.43. The lowest BCUT2D eigenvalue weighted by atomic mass is 10.2. The van der Waals surface area contributed by atoms with Gasteiger partial charge in [-0.05, 0) is 59.3 Å². The van der Waals surface area contributed by atoms with Gasteiger partial charge in [0.05, 0.1) is 22.9 Å². The molecule has 0 spiro atoms. The van der Waals surface area contributed by atoms with Crippen LogP contribution >= 0.6 is 11.3 Å². The second-order valence-electron chi connectivity index (χ2n) is 6.24. The first-order valence-corrected chi connectivity index (χ1v) is 9.10. The van der Waals surface area contributed by atoms with Crippen LogP contribution in [0.25, 0.3) is 10.2 Å². The third-order valence-corrected chi connectivity index (χ3v) is 5.15. The predicted octanol–water partition coefficient (Wildman–Crippen LogP) is 2.74. The Bertz CT molecular complexity index is 1030. The number of rotatable bonds is 6. The van der Waals surface area contributed by atoms with Gasteiger partial charge in [0, 0.05) is 25.8 Å². The van der Waals surface area contributed by atoms with Crippen LogP contribution in [0.1, 0.15) is 5.56 Å². The number of fused-ring (bicyclic) bond motifs is 1. The summed E-state index contributed by atoms with van der Waals surface area (Å²) >= 11 is 1.35. The van der Waals surface area contributed by atoms with Crippen molar-refractivity contribution in [3.63, 3.8) is 0 Å². The highest BCUT2D eigenvalue weighted by Gasteiger charge is 2.20. The highest BCUT2D eigenvalue weighted by molar-refractivity contribution is 7.21. The minimum Gasteiger partial charge on any atom is -0.546 e. The van der Waals surface area contributed by atoms with Crippen LogP contribution in [0.2, 0.25) is 0 Å². The minimum absolute atomic E-state index is 0.292. The van der Waals surface area contributed by atoms with Crippen LogP contribution in [-0.2, 0) is 11.3 Å². The number of anilines is 1. The van der Waals surface area contributed by atoms with Gasteiger partial charge in [-0.3, -0.25) is 0 Å². The molecule has 0 atom stereocenters. The number of aryl methyl sites for hydroxylation is 1. The van der Waals surface area contributed by atoms with Gasteiger partial charge in [-0.25, -0.2) is 4.57 Å². The first-order valence-electron chi connectivity index (χ1n) is 8.29. The maximum absolute atomic E-state index is 11.2. The van der Waals surface area contributed by atoms with Crippen molar-refractivity contribution in [3.8, 4) is 5.75 Å². The van der Waals surface area contributed by atoms with Gasteiger partial charge in [-0.15, -0.1) is 0 Å². The van der Waals surface area contributed by atoms with Crippen molar-refractivity contribution >= 4 is 44.0 Å². The molecule has 3 rings (SSSR count). The van der Waals surface area contributed by atoms with Gasteiger partial charge in [-0.2, -0.15) is 0 Å². The summed E-state index contributed by atoms with van der Waals surface area (Å²) in [5.74, 6) is -0.485. The lowest BCUT2D eigenvalue weighted by Gasteiger charge is -2.12. The second-order valence-corrected chi connectivity index (χ2v) is 7.25. The van der Waals surface area contributed by atoms with E-state index >= 15 is 0 Å². The number of carbonyl (C=O) groups is 1. The molecule has 0 unspecified atom stereocenters. The molecule has 2 aromatic carbocycles. The van der Waals surface area contributed by atoms with E-state index < -0.39 is 5.97 Å². The molecule has 1 aromatic heterocycles. The largest absolute Gasteiger partial charge is 0.546 e. The number of carboxylic acid groups (broad SMARTS) is 1. The van der Waals surface area contributed by atoms with Gasteiger partial charge in [-0.1, -0.05) is 0 Å². The van der Waals surface area contributed by atoms with Gasteiger partial charge >= 0.3 is 5.13 Å². The van der Waals surface area contributed by atoms with E-state index in [1.165, 1.54) is 11.3 Å². The summed E-state index contributed by atoms with van der Waals surface area (Å²) in [5, 5.41) is 20.3. The number of carboxylic acids is 1. The number of aromatic nitrogens is 1. The summed E-state index contributed by atoms with van der Waals surface area (Å²) in [7, 11) is 5.54. The molecule has 0 radical (unpaired) electrons. The number of ether oxygens (including phenoxy) is 1. The van der Waals surface area contributed by atoms with Crippen LogP contribution in [-0.4, -0.2) is 27.2 Å². The van der Waals surface area contributed by atoms with Crippen LogP contribution in [0.5, 0.6) is 5.75 Å². The fraction of sp³-hybridized carbons (Fsp3) is 0.263. The van der Waals surface area contributed by atoms with Gasteiger partial charge in [0.2, 0.25) is 0 Å². The number of methoxy groups -OCH3 is 1. The number of aliphatic carboxylic acids is 1. The van der Waals surface area contributed by atoms with Crippen LogP contribution in [0.3, 0.4) is 0 Å². The first-order chi connectivity index (χ1) is 12.9. The number of nitrogens with zero attached hydrogens (tertiary/aromatic N) is 4. The number of benzene rings is 2. The lowest BCUT2D eigenvalue weighted by molar-refractivity contribution is -0.649. The molecule has 0 saturated heterocycles. The Morgan fingerprint density at radius 2 is 2.00 bits per heavy atom. The van der Waals surface area contributed by atoms with Crippen LogP contribution < -0.4 is 19.3 Å². The number of hydrogen-bond donors (Lipinski definition) is 0. The van der Waals surface area contributed by atoms with Crippen molar-refractivity contribution in [1.82, 2.24) is 0 Å². The van der Waals surface area contributed by atoms with Crippen molar-refractivity contribution in [1.29, 1.82) is 0 Å². The Morgan fingerprint density at radius 1 is 1.22 bits per heavy atom. The third-order valence-electron chi connectivity index (χ3n) is 4.12. The summed E-state index contributed by atoms with van der Waals surface area (Å²) in [5.41, 5.74) is 3.54. The Morgan fingerprint density at radius 3 is 2.63 bits per heavy atom. The molecule has 0 fully saturated rings. The molecule has 0 amide bonds. The number of carbonyl (C=O) groups excluding carboxylic acids is 1. The van der Waals surface area contributed by atoms with E-state index in [9.17, 15) is 9.90 Å². The third kappa shape index (κ3) is 4.06. The normalized spacial score (nSPS) is 11.3. The Labute approximate surface area is 161 Å². The molecule has 27 heavy (non-hydrogen) atoms. The van der Waals surface area contributed by atoms with E-state index in [1.54, 1.807) is 17.7 Å². The summed E-state index contributed by atoms with van der Waals surface area (Å²) < 4.78 is 7.69. The summed E-state index contributed by atoms with van der Waals surface area (Å²) in [6, 6.07) is 11.3. The van der Waals surface area contributed by atoms with Crippen molar-refractivity contribution in [2.75, 3.05) is 26.1 Å². The fourth-order valence-electron chi connectivity index (χ4n) is 2.67. The van der Waals surface area contributed by atoms with Crippen molar-refractivity contribution in [2.45, 2.75) is 13.5 Å². The summed E-state index contributed by atoms with van der Waals surface area (Å²) in [6.07, 6.45) is 0. The minimum atomic E-state index is -1.18. The standard InChI is InChI=1S/C19H20N4O3S/c1-12-9-13(22(2)3)5-7-15(12)20-21-19-23(11-18(24)25)16-8-6-14(26-4)10-17(16)27-19/h5-10H,11H2,1-4H3. The number of azo groups is 1. The zero-order chi connectivity index (χ0) is 19.6. The Balaban J connectivity index is 2.02. The zero-order valence-corrected chi connectivity index (χ0v) is 16.4.